The van der Waals surface area contributed by atoms with Gasteiger partial charge in [0.25, 0.3) is 0 Å². The first-order valence-corrected chi connectivity index (χ1v) is 17.3. The minimum absolute atomic E-state index is 0.228. The maximum Gasteiger partial charge on any atom is 0.190 e. The summed E-state index contributed by atoms with van der Waals surface area (Å²) in [6.45, 7) is 7.79. The zero-order chi connectivity index (χ0) is 31.6. The van der Waals surface area contributed by atoms with Crippen LogP contribution in [0.4, 0.5) is 0 Å². The second-order valence-electron chi connectivity index (χ2n) is 13.3. The maximum absolute atomic E-state index is 13.6. The van der Waals surface area contributed by atoms with E-state index in [1.54, 1.807) is 5.01 Å². The molecule has 5 aliphatic rings. The van der Waals surface area contributed by atoms with E-state index < -0.39 is 82.7 Å². The molecule has 13 heteroatoms. The van der Waals surface area contributed by atoms with Crippen molar-refractivity contribution < 1.29 is 46.3 Å². The van der Waals surface area contributed by atoms with Crippen LogP contribution in [0.15, 0.2) is 60.7 Å². The number of rotatable bonds is 8. The molecule has 0 radical (unpaired) electrons. The predicted octanol–water partition coefficient (Wildman–Crippen LogP) is 2.25. The van der Waals surface area contributed by atoms with Crippen molar-refractivity contribution in [1.29, 1.82) is 0 Å². The van der Waals surface area contributed by atoms with E-state index in [2.05, 4.69) is 0 Å². The van der Waals surface area contributed by atoms with Crippen LogP contribution in [0.5, 0.6) is 0 Å². The molecule has 0 saturated carbocycles. The summed E-state index contributed by atoms with van der Waals surface area (Å²) in [7, 11) is -3.62. The zero-order valence-electron chi connectivity index (χ0n) is 25.9. The Labute approximate surface area is 263 Å². The van der Waals surface area contributed by atoms with Gasteiger partial charge in [0, 0.05) is 0 Å². The van der Waals surface area contributed by atoms with Gasteiger partial charge >= 0.3 is 0 Å². The van der Waals surface area contributed by atoms with Gasteiger partial charge < -0.3 is 37.9 Å². The number of nitrogens with zero attached hydrogens (tertiary/aromatic N) is 1. The summed E-state index contributed by atoms with van der Waals surface area (Å²) in [5.41, 5.74) is 1.92. The van der Waals surface area contributed by atoms with E-state index in [9.17, 15) is 8.42 Å². The van der Waals surface area contributed by atoms with Crippen molar-refractivity contribution in [3.63, 3.8) is 0 Å². The van der Waals surface area contributed by atoms with Gasteiger partial charge in [-0.2, -0.15) is 0 Å². The van der Waals surface area contributed by atoms with Crippen LogP contribution >= 0.6 is 0 Å². The van der Waals surface area contributed by atoms with Crippen LogP contribution < -0.4 is 5.84 Å². The average Bonchev–Trinajstić information content (AvgIpc) is 3.67. The number of nitrogens with two attached hydrogens (primary N) is 1. The largest absolute Gasteiger partial charge is 0.368 e. The first-order chi connectivity index (χ1) is 21.4. The van der Waals surface area contributed by atoms with Gasteiger partial charge in [-0.25, -0.2) is 13.4 Å². The van der Waals surface area contributed by atoms with Crippen LogP contribution in [0.1, 0.15) is 38.8 Å². The summed E-state index contributed by atoms with van der Waals surface area (Å²) in [5, 5.41) is 1.55. The van der Waals surface area contributed by atoms with Crippen molar-refractivity contribution in [1.82, 2.24) is 5.01 Å². The third-order valence-electron chi connectivity index (χ3n) is 9.00. The van der Waals surface area contributed by atoms with E-state index in [1.165, 1.54) is 0 Å². The standard InChI is InChI=1S/C32H42N2O10S/c1-31(2)41-27-25(37-15-19-11-7-5-8-12-19)23(39-29(27)43-31)21-17-45(35,36)18-22(34(21)33)24-26(38-16-20-13-9-6-10-14-20)28-30(40-24)44-32(3,4)42-28/h5-14,21-30H,15-18,33H2,1-4H3/t21-,22+,23+,24-,25-,26-,27+,28+,29+,30+/m0/s1. The van der Waals surface area contributed by atoms with E-state index in [0.717, 1.165) is 11.1 Å². The lowest BCUT2D eigenvalue weighted by atomic mass is 9.98. The Kier molecular flexibility index (Phi) is 8.35. The number of ether oxygens (including phenoxy) is 8. The molecule has 2 aromatic carbocycles. The number of hydrazine groups is 1. The first kappa shape index (κ1) is 31.6. The topological polar surface area (TPSA) is 137 Å². The van der Waals surface area contributed by atoms with Crippen molar-refractivity contribution in [2.75, 3.05) is 11.5 Å². The summed E-state index contributed by atoms with van der Waals surface area (Å²) < 4.78 is 77.3. The zero-order valence-corrected chi connectivity index (χ0v) is 26.7. The monoisotopic (exact) mass is 646 g/mol. The molecule has 2 N–H and O–H groups in total. The van der Waals surface area contributed by atoms with E-state index in [4.69, 9.17) is 43.7 Å². The van der Waals surface area contributed by atoms with E-state index in [1.807, 2.05) is 88.4 Å². The molecule has 0 bridgehead atoms. The molecule has 5 saturated heterocycles. The van der Waals surface area contributed by atoms with Crippen molar-refractivity contribution in [3.8, 4) is 0 Å². The Morgan fingerprint density at radius 3 is 1.49 bits per heavy atom. The fourth-order valence-electron chi connectivity index (χ4n) is 7.08. The smallest absolute Gasteiger partial charge is 0.190 e. The molecule has 45 heavy (non-hydrogen) atoms. The van der Waals surface area contributed by atoms with Gasteiger partial charge in [-0.3, -0.25) is 5.84 Å². The molecule has 7 rings (SSSR count). The summed E-state index contributed by atoms with van der Waals surface area (Å²) >= 11 is 0. The lowest BCUT2D eigenvalue weighted by Gasteiger charge is -2.45. The van der Waals surface area contributed by atoms with Crippen LogP contribution in [-0.2, 0) is 60.9 Å². The van der Waals surface area contributed by atoms with E-state index >= 15 is 0 Å². The number of fused-ring (bicyclic) bond motifs is 2. The van der Waals surface area contributed by atoms with Gasteiger partial charge in [0.1, 0.15) is 36.6 Å². The average molecular weight is 647 g/mol. The molecule has 0 aliphatic carbocycles. The second kappa shape index (κ2) is 11.9. The highest BCUT2D eigenvalue weighted by Gasteiger charge is 2.63. The van der Waals surface area contributed by atoms with Gasteiger partial charge in [0.05, 0.1) is 36.8 Å². The third-order valence-corrected chi connectivity index (χ3v) is 10.7. The SMILES string of the molecule is CC1(C)O[C@H]2O[C@H]([C@@H]3CS(=O)(=O)C[C@H]([C@@H]4O[C@@H]5OC(C)(C)O[C@@H]5[C@H]4OCc4ccccc4)N3N)[C@H](OCc3ccccc3)[C@H]2O1. The summed E-state index contributed by atoms with van der Waals surface area (Å²) in [4.78, 5) is 0. The first-order valence-electron chi connectivity index (χ1n) is 15.4. The van der Waals surface area contributed by atoms with Gasteiger partial charge in [-0.15, -0.1) is 0 Å². The molecule has 2 aromatic rings. The fourth-order valence-corrected chi connectivity index (χ4v) is 8.98. The molecule has 0 amide bonds. The van der Waals surface area contributed by atoms with Crippen LogP contribution in [-0.4, -0.2) is 97.8 Å². The number of benzene rings is 2. The maximum atomic E-state index is 13.6. The molecule has 0 unspecified atom stereocenters. The molecule has 5 fully saturated rings. The van der Waals surface area contributed by atoms with E-state index in [-0.39, 0.29) is 24.7 Å². The molecule has 10 atom stereocenters. The van der Waals surface area contributed by atoms with Crippen LogP contribution in [0.25, 0.3) is 0 Å². The summed E-state index contributed by atoms with van der Waals surface area (Å²) in [5.74, 6) is 4.66. The molecular formula is C32H42N2O10S. The molecule has 0 aromatic heterocycles. The fraction of sp³-hybridized carbons (Fsp3) is 0.625. The Hall–Kier alpha value is -2.01. The molecule has 246 valence electrons. The molecule has 12 nitrogen and oxygen atoms in total. The normalized spacial score (nSPS) is 39.9. The number of sulfone groups is 1. The van der Waals surface area contributed by atoms with Crippen LogP contribution in [0.2, 0.25) is 0 Å². The van der Waals surface area contributed by atoms with Gasteiger partial charge in [0.15, 0.2) is 34.0 Å². The van der Waals surface area contributed by atoms with Crippen molar-refractivity contribution in [3.05, 3.63) is 71.8 Å². The van der Waals surface area contributed by atoms with Crippen molar-refractivity contribution >= 4 is 9.84 Å². The number of hydrogen-bond donors (Lipinski definition) is 1. The molecule has 5 aliphatic heterocycles. The highest BCUT2D eigenvalue weighted by atomic mass is 32.2. The van der Waals surface area contributed by atoms with E-state index in [0.29, 0.717) is 0 Å². The Bertz CT molecular complexity index is 1340. The van der Waals surface area contributed by atoms with Gasteiger partial charge in [0.2, 0.25) is 0 Å². The van der Waals surface area contributed by atoms with Crippen LogP contribution in [0, 0.1) is 0 Å². The Morgan fingerprint density at radius 1 is 0.689 bits per heavy atom. The number of hydrogen-bond acceptors (Lipinski definition) is 12. The molecule has 5 heterocycles. The highest BCUT2D eigenvalue weighted by molar-refractivity contribution is 7.91. The highest BCUT2D eigenvalue weighted by Crippen LogP contribution is 2.44. The minimum atomic E-state index is -3.62. The molecular weight excluding hydrogens is 604 g/mol. The predicted molar refractivity (Wildman–Crippen MR) is 160 cm³/mol. The second-order valence-corrected chi connectivity index (χ2v) is 15.5. The quantitative estimate of drug-likeness (QED) is 0.421. The lowest BCUT2D eigenvalue weighted by Crippen LogP contribution is -2.68. The van der Waals surface area contributed by atoms with Gasteiger partial charge in [-0.05, 0) is 38.8 Å². The lowest BCUT2D eigenvalue weighted by molar-refractivity contribution is -0.235. The summed E-state index contributed by atoms with van der Waals surface area (Å²) in [6, 6.07) is 17.9. The summed E-state index contributed by atoms with van der Waals surface area (Å²) in [6.07, 6.45) is -5.45. The molecule has 0 spiro atoms. The van der Waals surface area contributed by atoms with Crippen molar-refractivity contribution in [2.24, 2.45) is 5.84 Å². The third kappa shape index (κ3) is 6.46. The van der Waals surface area contributed by atoms with Crippen LogP contribution in [0.3, 0.4) is 0 Å². The minimum Gasteiger partial charge on any atom is -0.368 e. The Balaban J connectivity index is 1.15. The van der Waals surface area contributed by atoms with Gasteiger partial charge in [-0.1, -0.05) is 60.7 Å². The Morgan fingerprint density at radius 2 is 1.09 bits per heavy atom. The van der Waals surface area contributed by atoms with Crippen molar-refractivity contribution in [2.45, 2.75) is 114 Å².